The van der Waals surface area contributed by atoms with Crippen LogP contribution in [0.3, 0.4) is 0 Å². The normalized spacial score (nSPS) is 49.8. The molecule has 0 saturated heterocycles. The van der Waals surface area contributed by atoms with Crippen LogP contribution in [-0.4, -0.2) is 96.9 Å². The van der Waals surface area contributed by atoms with Crippen molar-refractivity contribution in [3.63, 3.8) is 0 Å². The standard InChI is InChI=1S/3C16H36Si4/c3*1-17(2,3)13-14(18(4,5)6)15(13,19(7,8)9)16(13,14)20(10,11)12/h3*1-12H3. The smallest absolute Gasteiger partial charge is 0.0516 e. The Labute approximate surface area is 389 Å². The number of hydrogen-bond donors (Lipinski definition) is 0. The van der Waals surface area contributed by atoms with Crippen molar-refractivity contribution in [1.82, 2.24) is 0 Å². The van der Waals surface area contributed by atoms with Gasteiger partial charge < -0.3 is 0 Å². The van der Waals surface area contributed by atoms with E-state index in [1.54, 1.807) is 0 Å². The fourth-order valence-corrected chi connectivity index (χ4v) is 123. The van der Waals surface area contributed by atoms with Crippen LogP contribution >= 0.6 is 0 Å². The average Bonchev–Trinajstić information content (AvgIpc) is 3.70. The fraction of sp³-hybridized carbons (Fsp3) is 1.00. The summed E-state index contributed by atoms with van der Waals surface area (Å²) in [5.41, 5.74) is 0. The Bertz CT molecular complexity index is 1360. The van der Waals surface area contributed by atoms with Gasteiger partial charge in [0.25, 0.3) is 0 Å². The van der Waals surface area contributed by atoms with Crippen molar-refractivity contribution in [3.05, 3.63) is 0 Å². The maximum Gasteiger partial charge on any atom is 0.0516 e. The first-order valence-corrected chi connectivity index (χ1v) is 67.5. The molecule has 0 aromatic rings. The first-order valence-electron chi connectivity index (χ1n) is 25.5. The lowest BCUT2D eigenvalue weighted by molar-refractivity contribution is 1.27. The van der Waals surface area contributed by atoms with E-state index in [2.05, 4.69) is 236 Å². The topological polar surface area (TPSA) is 0 Å². The third kappa shape index (κ3) is 3.48. The first kappa shape index (κ1) is 50.5. The maximum atomic E-state index is 2.71. The van der Waals surface area contributed by atoms with Gasteiger partial charge in [-0.25, -0.2) is 0 Å². The van der Waals surface area contributed by atoms with Crippen molar-refractivity contribution in [1.29, 1.82) is 0 Å². The summed E-state index contributed by atoms with van der Waals surface area (Å²) in [4.78, 5) is 0. The Morgan fingerprint density at radius 2 is 0.133 bits per heavy atom. The molecule has 60 heavy (non-hydrogen) atoms. The summed E-state index contributed by atoms with van der Waals surface area (Å²) >= 11 is 0. The Morgan fingerprint density at radius 3 is 0.150 bits per heavy atom. The minimum absolute atomic E-state index is 0.902. The zero-order chi connectivity index (χ0) is 48.0. The van der Waals surface area contributed by atoms with E-state index in [4.69, 9.17) is 0 Å². The van der Waals surface area contributed by atoms with Gasteiger partial charge in [0.05, 0.1) is 96.9 Å². The minimum Gasteiger partial charge on any atom is -0.0691 e. The average molecular weight is 1020 g/mol. The molecule has 0 N–H and O–H groups in total. The van der Waals surface area contributed by atoms with Gasteiger partial charge in [-0.3, -0.25) is 0 Å². The van der Waals surface area contributed by atoms with Crippen LogP contribution in [0, 0.1) is 0 Å². The second kappa shape index (κ2) is 10.5. The van der Waals surface area contributed by atoms with E-state index in [-0.39, 0.29) is 0 Å². The molecule has 12 saturated carbocycles. The lowest BCUT2D eigenvalue weighted by Crippen LogP contribution is -2.26. The van der Waals surface area contributed by atoms with Gasteiger partial charge >= 0.3 is 0 Å². The molecule has 0 nitrogen and oxygen atoms in total. The van der Waals surface area contributed by atoms with Crippen LogP contribution in [0.2, 0.25) is 296 Å². The van der Waals surface area contributed by atoms with Crippen LogP contribution in [0.15, 0.2) is 0 Å². The molecule has 0 aromatic carbocycles. The Hall–Kier alpha value is 2.60. The Morgan fingerprint density at radius 1 is 0.100 bits per heavy atom. The van der Waals surface area contributed by atoms with Gasteiger partial charge in [0.15, 0.2) is 0 Å². The highest BCUT2D eigenvalue weighted by Crippen LogP contribution is 3.57. The van der Waals surface area contributed by atoms with Crippen LogP contribution in [0.25, 0.3) is 0 Å². The molecular formula is C48H108Si12. The van der Waals surface area contributed by atoms with E-state index in [1.165, 1.54) is 0 Å². The minimum atomic E-state index is -1.08. The monoisotopic (exact) mass is 1020 g/mol. The highest BCUT2D eigenvalue weighted by molar-refractivity contribution is 7.17. The van der Waals surface area contributed by atoms with Crippen molar-refractivity contribution >= 4 is 96.9 Å². The molecule has 0 spiro atoms. The summed E-state index contributed by atoms with van der Waals surface area (Å²) in [7, 11) is -12.9. The van der Waals surface area contributed by atoms with Gasteiger partial charge in [0.1, 0.15) is 0 Å². The molecule has 0 bridgehead atoms. The highest BCUT2D eigenvalue weighted by Gasteiger charge is 3.41. The zero-order valence-electron chi connectivity index (χ0n) is 48.0. The summed E-state index contributed by atoms with van der Waals surface area (Å²) in [6, 6.07) is 0. The van der Waals surface area contributed by atoms with Gasteiger partial charge in [-0.05, 0) is 60.5 Å². The van der Waals surface area contributed by atoms with Crippen molar-refractivity contribution in [2.75, 3.05) is 0 Å². The summed E-state index contributed by atoms with van der Waals surface area (Å²) in [6.07, 6.45) is 0. The largest absolute Gasteiger partial charge is 0.0691 e. The van der Waals surface area contributed by atoms with Crippen LogP contribution in [-0.2, 0) is 0 Å². The molecule has 12 fully saturated rings. The molecule has 348 valence electrons. The van der Waals surface area contributed by atoms with Gasteiger partial charge in [0, 0.05) is 0 Å². The van der Waals surface area contributed by atoms with E-state index in [9.17, 15) is 0 Å². The third-order valence-corrected chi connectivity index (χ3v) is 67.9. The van der Waals surface area contributed by atoms with Crippen LogP contribution < -0.4 is 0 Å². The summed E-state index contributed by atoms with van der Waals surface area (Å²) in [5, 5.41) is 10.8. The third-order valence-electron chi connectivity index (χ3n) is 22.9. The maximum absolute atomic E-state index is 2.71. The van der Waals surface area contributed by atoms with E-state index in [1.807, 2.05) is 0 Å². The molecule has 0 radical (unpaired) electrons. The van der Waals surface area contributed by atoms with Crippen molar-refractivity contribution in [2.24, 2.45) is 0 Å². The van der Waals surface area contributed by atoms with Crippen molar-refractivity contribution in [3.8, 4) is 0 Å². The summed E-state index contributed by atoms with van der Waals surface area (Å²) in [5.74, 6) is 0. The number of rotatable bonds is 12. The van der Waals surface area contributed by atoms with E-state index >= 15 is 0 Å². The predicted octanol–water partition coefficient (Wildman–Crippen LogP) is 19.0. The van der Waals surface area contributed by atoms with Crippen LogP contribution in [0.1, 0.15) is 0 Å². The molecule has 12 heteroatoms. The fourth-order valence-electron chi connectivity index (χ4n) is 26.4. The quantitative estimate of drug-likeness (QED) is 0.171. The molecule has 12 aliphatic carbocycles. The van der Waals surface area contributed by atoms with Gasteiger partial charge in [-0.2, -0.15) is 0 Å². The van der Waals surface area contributed by atoms with E-state index in [0.29, 0.717) is 0 Å². The van der Waals surface area contributed by atoms with Gasteiger partial charge in [-0.1, -0.05) is 236 Å². The Balaban J connectivity index is 0.000000136. The van der Waals surface area contributed by atoms with Gasteiger partial charge in [-0.15, -0.1) is 0 Å². The van der Waals surface area contributed by atoms with Crippen LogP contribution in [0.5, 0.6) is 0 Å². The lowest BCUT2D eigenvalue weighted by atomic mass is 10.9. The molecule has 12 aliphatic rings. The first-order chi connectivity index (χ1) is 25.5. The zero-order valence-corrected chi connectivity index (χ0v) is 60.0. The second-order valence-corrected chi connectivity index (χ2v) is 99.0. The predicted molar refractivity (Wildman–Crippen MR) is 312 cm³/mol. The molecule has 0 atom stereocenters. The summed E-state index contributed by atoms with van der Waals surface area (Å²) in [6.45, 7) is 97.5. The SMILES string of the molecule is C[Si](C)(C)C12C3([Si](C)(C)C)C1([Si](C)(C)C)C23[Si](C)(C)C.C[Si](C)(C)C12C3([Si](C)(C)C)C1([Si](C)(C)C)C23[Si](C)(C)C.C[Si](C)(C)C12C3([Si](C)(C)C)C1([Si](C)(C)C)C23[Si](C)(C)C. The lowest BCUT2D eigenvalue weighted by Gasteiger charge is -2.20. The molecule has 0 heterocycles. The van der Waals surface area contributed by atoms with Crippen molar-refractivity contribution in [2.45, 2.75) is 296 Å². The number of hydrogen-bond acceptors (Lipinski definition) is 0. The summed E-state index contributed by atoms with van der Waals surface area (Å²) < 4.78 is 0. The molecule has 0 amide bonds. The second-order valence-electron chi connectivity index (χ2n) is 36.0. The molecular weight excluding hydrogens is 914 g/mol. The molecule has 0 aliphatic heterocycles. The molecule has 0 unspecified atom stereocenters. The molecule has 0 aromatic heterocycles. The van der Waals surface area contributed by atoms with Gasteiger partial charge in [0.2, 0.25) is 0 Å². The molecule has 12 rings (SSSR count). The van der Waals surface area contributed by atoms with Crippen LogP contribution in [0.4, 0.5) is 0 Å². The van der Waals surface area contributed by atoms with Crippen molar-refractivity contribution < 1.29 is 0 Å². The van der Waals surface area contributed by atoms with E-state index in [0.717, 1.165) is 60.5 Å². The highest BCUT2D eigenvalue weighted by atomic mass is 28.4. The van der Waals surface area contributed by atoms with E-state index < -0.39 is 96.9 Å². The Kier molecular flexibility index (Phi) is 8.86.